The highest BCUT2D eigenvalue weighted by atomic mass is 35.5. The van der Waals surface area contributed by atoms with Gasteiger partial charge in [0.2, 0.25) is 0 Å². The average molecular weight is 469 g/mol. The van der Waals surface area contributed by atoms with Crippen molar-refractivity contribution in [1.29, 1.82) is 0 Å². The molecular weight excluding hydrogens is 438 g/mol. The van der Waals surface area contributed by atoms with Gasteiger partial charge < -0.3 is 14.8 Å². The molecule has 2 bridgehead atoms. The molecule has 5 rings (SSSR count). The number of aromatic nitrogens is 1. The molecule has 4 heterocycles. The molecule has 0 radical (unpaired) electrons. The largest absolute Gasteiger partial charge is 0.370 e. The van der Waals surface area contributed by atoms with E-state index < -0.39 is 0 Å². The monoisotopic (exact) mass is 468 g/mol. The zero-order valence-electron chi connectivity index (χ0n) is 17.6. The summed E-state index contributed by atoms with van der Waals surface area (Å²) in [6, 6.07) is 11.0. The van der Waals surface area contributed by atoms with Gasteiger partial charge in [0.25, 0.3) is 5.56 Å². The Labute approximate surface area is 195 Å². The maximum Gasteiger partial charge on any atom is 0.255 e. The first-order valence-electron chi connectivity index (χ1n) is 10.8. The van der Waals surface area contributed by atoms with Crippen LogP contribution in [0.2, 0.25) is 0 Å². The summed E-state index contributed by atoms with van der Waals surface area (Å²) in [5.41, 5.74) is 3.40. The van der Waals surface area contributed by atoms with E-state index in [1.165, 1.54) is 24.2 Å². The van der Waals surface area contributed by atoms with Gasteiger partial charge in [-0.15, -0.1) is 24.8 Å². The number of hydrogen-bond acceptors (Lipinski definition) is 4. The summed E-state index contributed by atoms with van der Waals surface area (Å²) in [6.07, 6.45) is 2.25. The number of nitrogens with zero attached hydrogens (tertiary/aromatic N) is 3. The van der Waals surface area contributed by atoms with Gasteiger partial charge in [-0.3, -0.25) is 9.69 Å². The Hall–Kier alpha value is -1.60. The van der Waals surface area contributed by atoms with Crippen molar-refractivity contribution < 1.29 is 4.39 Å². The predicted molar refractivity (Wildman–Crippen MR) is 127 cm³/mol. The summed E-state index contributed by atoms with van der Waals surface area (Å²) < 4.78 is 15.3. The summed E-state index contributed by atoms with van der Waals surface area (Å²) >= 11 is 0. The normalized spacial score (nSPS) is 23.2. The summed E-state index contributed by atoms with van der Waals surface area (Å²) in [5, 5.41) is 3.51. The quantitative estimate of drug-likeness (QED) is 0.750. The maximum absolute atomic E-state index is 13.2. The molecule has 0 saturated carbocycles. The van der Waals surface area contributed by atoms with Gasteiger partial charge in [0, 0.05) is 68.7 Å². The van der Waals surface area contributed by atoms with E-state index in [2.05, 4.69) is 31.8 Å². The van der Waals surface area contributed by atoms with Crippen LogP contribution in [0.15, 0.2) is 41.2 Å². The third kappa shape index (κ3) is 5.08. The number of hydrogen-bond donors (Lipinski definition) is 1. The zero-order valence-corrected chi connectivity index (χ0v) is 19.3. The SMILES string of the molecule is Cl.Cl.O=c1c(CN2CCCN(c3ccc(F)cc3)CC2)ccc2n1C[C@@H]1CNC[C@H]2C1. The second kappa shape index (κ2) is 10.3. The molecule has 2 atom stereocenters. The predicted octanol–water partition coefficient (Wildman–Crippen LogP) is 3.25. The lowest BCUT2D eigenvalue weighted by atomic mass is 9.84. The van der Waals surface area contributed by atoms with Gasteiger partial charge in [-0.1, -0.05) is 6.07 Å². The first kappa shape index (κ1) is 24.1. The van der Waals surface area contributed by atoms with E-state index in [-0.39, 0.29) is 36.2 Å². The highest BCUT2D eigenvalue weighted by molar-refractivity contribution is 5.85. The lowest BCUT2D eigenvalue weighted by molar-refractivity contribution is 0.252. The third-order valence-corrected chi connectivity index (χ3v) is 6.76. The second-order valence-corrected chi connectivity index (χ2v) is 8.75. The van der Waals surface area contributed by atoms with Crippen LogP contribution in [0, 0.1) is 11.7 Å². The Balaban J connectivity index is 0.00000136. The first-order chi connectivity index (χ1) is 14.2. The van der Waals surface area contributed by atoms with Crippen LogP contribution in [0.25, 0.3) is 0 Å². The summed E-state index contributed by atoms with van der Waals surface area (Å²) in [5.74, 6) is 0.862. The van der Waals surface area contributed by atoms with Gasteiger partial charge >= 0.3 is 0 Å². The summed E-state index contributed by atoms with van der Waals surface area (Å²) in [4.78, 5) is 17.9. The van der Waals surface area contributed by atoms with E-state index in [4.69, 9.17) is 0 Å². The number of fused-ring (bicyclic) bond motifs is 4. The Morgan fingerprint density at radius 2 is 1.77 bits per heavy atom. The van der Waals surface area contributed by atoms with Crippen molar-refractivity contribution >= 4 is 30.5 Å². The smallest absolute Gasteiger partial charge is 0.255 e. The number of nitrogens with one attached hydrogen (secondary N) is 1. The van der Waals surface area contributed by atoms with E-state index >= 15 is 0 Å². The van der Waals surface area contributed by atoms with Crippen molar-refractivity contribution in [1.82, 2.24) is 14.8 Å². The van der Waals surface area contributed by atoms with Crippen molar-refractivity contribution in [3.05, 3.63) is 63.8 Å². The molecule has 1 N–H and O–H groups in total. The molecule has 0 aliphatic carbocycles. The lowest BCUT2D eigenvalue weighted by Crippen LogP contribution is -2.45. The van der Waals surface area contributed by atoms with E-state index in [9.17, 15) is 9.18 Å². The number of pyridine rings is 1. The Morgan fingerprint density at radius 3 is 2.58 bits per heavy atom. The van der Waals surface area contributed by atoms with Crippen molar-refractivity contribution in [2.45, 2.75) is 31.8 Å². The average Bonchev–Trinajstić information content (AvgIpc) is 2.97. The van der Waals surface area contributed by atoms with Crippen LogP contribution in [-0.2, 0) is 13.1 Å². The van der Waals surface area contributed by atoms with Crippen LogP contribution in [0.5, 0.6) is 0 Å². The van der Waals surface area contributed by atoms with E-state index in [0.717, 1.165) is 63.5 Å². The van der Waals surface area contributed by atoms with Crippen LogP contribution < -0.4 is 15.8 Å². The molecule has 1 aromatic carbocycles. The van der Waals surface area contributed by atoms with Crippen LogP contribution in [-0.4, -0.2) is 48.7 Å². The first-order valence-corrected chi connectivity index (χ1v) is 10.8. The van der Waals surface area contributed by atoms with Crippen LogP contribution >= 0.6 is 24.8 Å². The Bertz CT molecular complexity index is 936. The van der Waals surface area contributed by atoms with Gasteiger partial charge in [0.1, 0.15) is 5.82 Å². The number of benzene rings is 1. The van der Waals surface area contributed by atoms with Crippen LogP contribution in [0.4, 0.5) is 10.1 Å². The van der Waals surface area contributed by atoms with Gasteiger partial charge in [-0.05, 0) is 55.6 Å². The molecule has 170 valence electrons. The summed E-state index contributed by atoms with van der Waals surface area (Å²) in [7, 11) is 0. The number of rotatable bonds is 3. The third-order valence-electron chi connectivity index (χ3n) is 6.76. The van der Waals surface area contributed by atoms with Gasteiger partial charge in [0.15, 0.2) is 0 Å². The van der Waals surface area contributed by atoms with Crippen molar-refractivity contribution in [3.63, 3.8) is 0 Å². The highest BCUT2D eigenvalue weighted by Crippen LogP contribution is 2.31. The fraction of sp³-hybridized carbons (Fsp3) is 0.522. The second-order valence-electron chi connectivity index (χ2n) is 8.75. The van der Waals surface area contributed by atoms with E-state index in [1.807, 2.05) is 12.1 Å². The van der Waals surface area contributed by atoms with Gasteiger partial charge in [-0.2, -0.15) is 0 Å². The standard InChI is InChI=1S/C23H29FN4O.2ClH/c24-20-3-5-21(6-4-20)27-9-1-8-26(10-11-27)16-18-2-7-22-19-12-17(13-25-14-19)15-28(22)23(18)29;;/h2-7,17,19,25H,1,8-16H2;2*1H/t17-,19+;;/m0../s1. The van der Waals surface area contributed by atoms with Crippen molar-refractivity contribution in [3.8, 4) is 0 Å². The molecule has 5 nitrogen and oxygen atoms in total. The van der Waals surface area contributed by atoms with Gasteiger partial charge in [0.05, 0.1) is 0 Å². The molecule has 2 fully saturated rings. The topological polar surface area (TPSA) is 40.5 Å². The zero-order chi connectivity index (χ0) is 19.8. The number of anilines is 1. The molecule has 2 saturated heterocycles. The molecule has 3 aliphatic heterocycles. The molecule has 0 amide bonds. The molecule has 31 heavy (non-hydrogen) atoms. The van der Waals surface area contributed by atoms with Gasteiger partial charge in [-0.25, -0.2) is 4.39 Å². The minimum atomic E-state index is -0.196. The number of piperidine rings is 1. The fourth-order valence-corrected chi connectivity index (χ4v) is 5.24. The number of halogens is 3. The maximum atomic E-state index is 13.2. The van der Waals surface area contributed by atoms with Crippen LogP contribution in [0.3, 0.4) is 0 Å². The highest BCUT2D eigenvalue weighted by Gasteiger charge is 2.31. The molecular formula is C23H31Cl2FN4O. The molecule has 8 heteroatoms. The molecule has 0 spiro atoms. The van der Waals surface area contributed by atoms with E-state index in [0.29, 0.717) is 18.4 Å². The van der Waals surface area contributed by atoms with Crippen LogP contribution in [0.1, 0.15) is 30.0 Å². The lowest BCUT2D eigenvalue weighted by Gasteiger charge is -2.37. The Morgan fingerprint density at radius 1 is 0.968 bits per heavy atom. The summed E-state index contributed by atoms with van der Waals surface area (Å²) in [6.45, 7) is 7.32. The van der Waals surface area contributed by atoms with E-state index in [1.54, 1.807) is 0 Å². The van der Waals surface area contributed by atoms with Crippen molar-refractivity contribution in [2.75, 3.05) is 44.2 Å². The molecule has 3 aliphatic rings. The fourth-order valence-electron chi connectivity index (χ4n) is 5.24. The van der Waals surface area contributed by atoms with Crippen molar-refractivity contribution in [2.24, 2.45) is 5.92 Å². The molecule has 2 aromatic rings. The minimum absolute atomic E-state index is 0. The molecule has 0 unspecified atom stereocenters. The molecule has 1 aromatic heterocycles. The minimum Gasteiger partial charge on any atom is -0.370 e. The Kier molecular flexibility index (Phi) is 8.03.